The highest BCUT2D eigenvalue weighted by molar-refractivity contribution is 5.09. The average Bonchev–Trinajstić information content (AvgIpc) is 2.29. The van der Waals surface area contributed by atoms with Gasteiger partial charge in [0.15, 0.2) is 0 Å². The number of nitrogens with zero attached hydrogens (tertiary/aromatic N) is 2. The van der Waals surface area contributed by atoms with E-state index in [-0.39, 0.29) is 5.60 Å². The fraction of sp³-hybridized carbons (Fsp3) is 0.692. The first kappa shape index (κ1) is 13.9. The van der Waals surface area contributed by atoms with Gasteiger partial charge in [-0.05, 0) is 33.2 Å². The number of nitrogens with one attached hydrogen (secondary N) is 1. The molecule has 0 unspecified atom stereocenters. The molecule has 0 aliphatic rings. The zero-order valence-corrected chi connectivity index (χ0v) is 11.3. The van der Waals surface area contributed by atoms with Gasteiger partial charge in [0.25, 0.3) is 0 Å². The molecule has 0 fully saturated rings. The molecule has 0 amide bonds. The van der Waals surface area contributed by atoms with Crippen LogP contribution in [0.5, 0.6) is 5.88 Å². The van der Waals surface area contributed by atoms with Crippen LogP contribution in [-0.4, -0.2) is 22.1 Å². The molecule has 4 nitrogen and oxygen atoms in total. The normalized spacial score (nSPS) is 11.5. The van der Waals surface area contributed by atoms with Crippen molar-refractivity contribution >= 4 is 0 Å². The highest BCUT2D eigenvalue weighted by Crippen LogP contribution is 2.17. The first-order valence-corrected chi connectivity index (χ1v) is 6.28. The van der Waals surface area contributed by atoms with Crippen molar-refractivity contribution in [2.75, 3.05) is 6.54 Å². The van der Waals surface area contributed by atoms with Gasteiger partial charge >= 0.3 is 0 Å². The van der Waals surface area contributed by atoms with E-state index in [0.717, 1.165) is 31.6 Å². The second-order valence-electron chi connectivity index (χ2n) is 4.74. The monoisotopic (exact) mass is 237 g/mol. The van der Waals surface area contributed by atoms with E-state index in [0.29, 0.717) is 5.88 Å². The maximum atomic E-state index is 5.80. The molecule has 0 bridgehead atoms. The van der Waals surface area contributed by atoms with Crippen LogP contribution in [0.1, 0.15) is 46.2 Å². The largest absolute Gasteiger partial charge is 0.471 e. The Morgan fingerprint density at radius 2 is 2.06 bits per heavy atom. The summed E-state index contributed by atoms with van der Waals surface area (Å²) >= 11 is 0. The van der Waals surface area contributed by atoms with Crippen molar-refractivity contribution in [1.29, 1.82) is 0 Å². The minimum Gasteiger partial charge on any atom is -0.471 e. The van der Waals surface area contributed by atoms with Crippen LogP contribution in [0.3, 0.4) is 0 Å². The summed E-state index contributed by atoms with van der Waals surface area (Å²) in [6, 6.07) is 0. The third kappa shape index (κ3) is 5.13. The second kappa shape index (κ2) is 6.55. The molecule has 0 aliphatic carbocycles. The van der Waals surface area contributed by atoms with E-state index in [9.17, 15) is 0 Å². The smallest absolute Gasteiger partial charge is 0.233 e. The number of rotatable bonds is 7. The van der Waals surface area contributed by atoms with Gasteiger partial charge in [-0.3, -0.25) is 4.98 Å². The van der Waals surface area contributed by atoms with Crippen LogP contribution < -0.4 is 10.1 Å². The molecule has 0 saturated heterocycles. The van der Waals surface area contributed by atoms with E-state index >= 15 is 0 Å². The highest BCUT2D eigenvalue weighted by atomic mass is 16.5. The van der Waals surface area contributed by atoms with Crippen LogP contribution >= 0.6 is 0 Å². The molecule has 96 valence electrons. The fourth-order valence-corrected chi connectivity index (χ4v) is 1.27. The van der Waals surface area contributed by atoms with Crippen LogP contribution in [-0.2, 0) is 6.54 Å². The van der Waals surface area contributed by atoms with E-state index < -0.39 is 0 Å². The van der Waals surface area contributed by atoms with Gasteiger partial charge in [0, 0.05) is 12.7 Å². The number of hydrogen-bond donors (Lipinski definition) is 1. The van der Waals surface area contributed by atoms with Gasteiger partial charge in [-0.15, -0.1) is 0 Å². The predicted molar refractivity (Wildman–Crippen MR) is 69.0 cm³/mol. The molecule has 0 spiro atoms. The van der Waals surface area contributed by atoms with Gasteiger partial charge in [-0.25, -0.2) is 4.98 Å². The van der Waals surface area contributed by atoms with Gasteiger partial charge < -0.3 is 10.1 Å². The molecule has 4 heteroatoms. The van der Waals surface area contributed by atoms with Crippen LogP contribution in [0.25, 0.3) is 0 Å². The van der Waals surface area contributed by atoms with Gasteiger partial charge in [-0.1, -0.05) is 13.8 Å². The van der Waals surface area contributed by atoms with Crippen molar-refractivity contribution < 1.29 is 4.74 Å². The Hall–Kier alpha value is -1.16. The Morgan fingerprint density at radius 1 is 1.29 bits per heavy atom. The Kier molecular flexibility index (Phi) is 5.35. The predicted octanol–water partition coefficient (Wildman–Crippen LogP) is 2.54. The lowest BCUT2D eigenvalue weighted by Gasteiger charge is -2.23. The van der Waals surface area contributed by atoms with Crippen molar-refractivity contribution in [2.24, 2.45) is 0 Å². The lowest BCUT2D eigenvalue weighted by molar-refractivity contribution is 0.0981. The third-order valence-corrected chi connectivity index (χ3v) is 2.63. The maximum absolute atomic E-state index is 5.80. The molecule has 0 aromatic carbocycles. The molecule has 1 aromatic heterocycles. The summed E-state index contributed by atoms with van der Waals surface area (Å²) in [5, 5.41) is 3.30. The zero-order valence-electron chi connectivity index (χ0n) is 11.3. The maximum Gasteiger partial charge on any atom is 0.233 e. The topological polar surface area (TPSA) is 47.0 Å². The first-order chi connectivity index (χ1) is 8.07. The Labute approximate surface area is 104 Å². The summed E-state index contributed by atoms with van der Waals surface area (Å²) in [6.07, 6.45) is 5.49. The van der Waals surface area contributed by atoms with Crippen molar-refractivity contribution in [3.05, 3.63) is 18.1 Å². The molecule has 0 saturated carbocycles. The summed E-state index contributed by atoms with van der Waals surface area (Å²) < 4.78 is 5.80. The fourth-order valence-electron chi connectivity index (χ4n) is 1.27. The minimum absolute atomic E-state index is 0.190. The quantitative estimate of drug-likeness (QED) is 0.740. The molecule has 1 rings (SSSR count). The summed E-state index contributed by atoms with van der Waals surface area (Å²) in [5.41, 5.74) is 0.729. The summed E-state index contributed by atoms with van der Waals surface area (Å²) in [4.78, 5) is 8.58. The molecule has 1 aromatic rings. The third-order valence-electron chi connectivity index (χ3n) is 2.63. The van der Waals surface area contributed by atoms with E-state index in [2.05, 4.69) is 43.0 Å². The van der Waals surface area contributed by atoms with Crippen LogP contribution in [0.2, 0.25) is 0 Å². The summed E-state index contributed by atoms with van der Waals surface area (Å²) in [6.45, 7) is 10.1. The van der Waals surface area contributed by atoms with Gasteiger partial charge in [-0.2, -0.15) is 0 Å². The molecule has 0 radical (unpaired) electrons. The second-order valence-corrected chi connectivity index (χ2v) is 4.74. The lowest BCUT2D eigenvalue weighted by atomic mass is 10.1. The minimum atomic E-state index is -0.190. The first-order valence-electron chi connectivity index (χ1n) is 6.28. The molecule has 17 heavy (non-hydrogen) atoms. The van der Waals surface area contributed by atoms with Crippen molar-refractivity contribution in [3.63, 3.8) is 0 Å². The molecule has 1 N–H and O–H groups in total. The molecular formula is C13H23N3O. The summed E-state index contributed by atoms with van der Waals surface area (Å²) in [7, 11) is 0. The lowest BCUT2D eigenvalue weighted by Crippen LogP contribution is -2.27. The van der Waals surface area contributed by atoms with Crippen LogP contribution in [0, 0.1) is 0 Å². The molecule has 1 heterocycles. The summed E-state index contributed by atoms with van der Waals surface area (Å²) in [5.74, 6) is 0.604. The molecule has 0 aliphatic heterocycles. The number of hydrogen-bond acceptors (Lipinski definition) is 4. The van der Waals surface area contributed by atoms with Crippen LogP contribution in [0.4, 0.5) is 0 Å². The number of aromatic nitrogens is 2. The number of ether oxygens (including phenoxy) is 1. The van der Waals surface area contributed by atoms with Gasteiger partial charge in [0.2, 0.25) is 5.88 Å². The van der Waals surface area contributed by atoms with Crippen molar-refractivity contribution in [2.45, 2.75) is 52.7 Å². The molecule has 0 atom stereocenters. The average molecular weight is 237 g/mol. The van der Waals surface area contributed by atoms with Crippen molar-refractivity contribution in [3.8, 4) is 5.88 Å². The van der Waals surface area contributed by atoms with E-state index in [1.807, 2.05) is 0 Å². The zero-order chi connectivity index (χ0) is 12.7. The van der Waals surface area contributed by atoms with E-state index in [1.165, 1.54) is 0 Å². The van der Waals surface area contributed by atoms with E-state index in [1.54, 1.807) is 12.4 Å². The van der Waals surface area contributed by atoms with Gasteiger partial charge in [0.1, 0.15) is 5.60 Å². The standard InChI is InChI=1S/C13H23N3O/c1-5-7-14-8-11-9-15-10-12(16-11)17-13(3,4)6-2/h9-10,14H,5-8H2,1-4H3. The van der Waals surface area contributed by atoms with Crippen LogP contribution in [0.15, 0.2) is 12.4 Å². The van der Waals surface area contributed by atoms with Gasteiger partial charge in [0.05, 0.1) is 11.9 Å². The Bertz CT molecular complexity index is 339. The SMILES string of the molecule is CCCNCc1cncc(OC(C)(C)CC)n1. The van der Waals surface area contributed by atoms with Crippen molar-refractivity contribution in [1.82, 2.24) is 15.3 Å². The van der Waals surface area contributed by atoms with E-state index in [4.69, 9.17) is 4.74 Å². The Balaban J connectivity index is 2.59. The highest BCUT2D eigenvalue weighted by Gasteiger charge is 2.17. The Morgan fingerprint density at radius 3 is 2.71 bits per heavy atom. The molecular weight excluding hydrogens is 214 g/mol.